The molecule has 1 aliphatic heterocycles. The number of aryl methyl sites for hydroxylation is 1. The van der Waals surface area contributed by atoms with E-state index in [4.69, 9.17) is 0 Å². The van der Waals surface area contributed by atoms with Crippen LogP contribution in [-0.4, -0.2) is 28.0 Å². The Morgan fingerprint density at radius 1 is 1.38 bits per heavy atom. The summed E-state index contributed by atoms with van der Waals surface area (Å²) in [4.78, 5) is 16.6. The highest BCUT2D eigenvalue weighted by Gasteiger charge is 2.20. The maximum Gasteiger partial charge on any atom is 0.237 e. The molecule has 0 saturated carbocycles. The van der Waals surface area contributed by atoms with Crippen molar-refractivity contribution in [3.63, 3.8) is 0 Å². The molecule has 5 nitrogen and oxygen atoms in total. The van der Waals surface area contributed by atoms with Crippen LogP contribution in [0.4, 0.5) is 0 Å². The third-order valence-electron chi connectivity index (χ3n) is 4.09. The van der Waals surface area contributed by atoms with Crippen LogP contribution in [0.2, 0.25) is 0 Å². The van der Waals surface area contributed by atoms with Gasteiger partial charge in [0.1, 0.15) is 5.82 Å². The zero-order chi connectivity index (χ0) is 14.7. The summed E-state index contributed by atoms with van der Waals surface area (Å²) in [7, 11) is 0. The van der Waals surface area contributed by atoms with Crippen molar-refractivity contribution in [2.45, 2.75) is 45.3 Å². The number of carbonyl (C=O) groups is 1. The van der Waals surface area contributed by atoms with Crippen LogP contribution >= 0.6 is 0 Å². The number of fused-ring (bicyclic) bond motifs is 1. The second-order valence-corrected chi connectivity index (χ2v) is 5.48. The van der Waals surface area contributed by atoms with Crippen molar-refractivity contribution in [1.29, 1.82) is 0 Å². The molecule has 21 heavy (non-hydrogen) atoms. The summed E-state index contributed by atoms with van der Waals surface area (Å²) in [5.74, 6) is 1.11. The first-order valence-corrected chi connectivity index (χ1v) is 7.75. The van der Waals surface area contributed by atoms with Gasteiger partial charge in [-0.25, -0.2) is 4.98 Å². The summed E-state index contributed by atoms with van der Waals surface area (Å²) in [5.41, 5.74) is 2.17. The summed E-state index contributed by atoms with van der Waals surface area (Å²) < 4.78 is 2.21. The minimum absolute atomic E-state index is 0.0994. The Morgan fingerprint density at radius 3 is 3.10 bits per heavy atom. The SMILES string of the molecule is CCn1c(CN[C@H]2CCCCNC2=O)nc2ccccc21. The summed E-state index contributed by atoms with van der Waals surface area (Å²) in [6, 6.07) is 8.06. The number of amides is 1. The molecular weight excluding hydrogens is 264 g/mol. The van der Waals surface area contributed by atoms with Crippen molar-refractivity contribution in [1.82, 2.24) is 20.2 Å². The second kappa shape index (κ2) is 6.26. The molecule has 2 N–H and O–H groups in total. The molecule has 1 saturated heterocycles. The van der Waals surface area contributed by atoms with E-state index in [2.05, 4.69) is 33.2 Å². The molecule has 1 aromatic carbocycles. The van der Waals surface area contributed by atoms with Crippen LogP contribution in [-0.2, 0) is 17.9 Å². The fourth-order valence-corrected chi connectivity index (χ4v) is 2.96. The molecule has 2 aromatic rings. The predicted molar refractivity (Wildman–Crippen MR) is 82.9 cm³/mol. The minimum Gasteiger partial charge on any atom is -0.355 e. The van der Waals surface area contributed by atoms with E-state index in [9.17, 15) is 4.79 Å². The molecule has 0 radical (unpaired) electrons. The lowest BCUT2D eigenvalue weighted by Gasteiger charge is -2.15. The Balaban J connectivity index is 1.76. The highest BCUT2D eigenvalue weighted by Crippen LogP contribution is 2.16. The molecule has 112 valence electrons. The van der Waals surface area contributed by atoms with Crippen LogP contribution in [0.15, 0.2) is 24.3 Å². The molecule has 1 aliphatic rings. The predicted octanol–water partition coefficient (Wildman–Crippen LogP) is 1.81. The van der Waals surface area contributed by atoms with Crippen molar-refractivity contribution < 1.29 is 4.79 Å². The van der Waals surface area contributed by atoms with E-state index in [-0.39, 0.29) is 11.9 Å². The molecule has 2 heterocycles. The number of benzene rings is 1. The molecule has 0 aliphatic carbocycles. The van der Waals surface area contributed by atoms with Crippen molar-refractivity contribution >= 4 is 16.9 Å². The molecule has 3 rings (SSSR count). The van der Waals surface area contributed by atoms with E-state index in [0.717, 1.165) is 49.2 Å². The lowest BCUT2D eigenvalue weighted by atomic mass is 10.1. The van der Waals surface area contributed by atoms with Crippen LogP contribution in [0, 0.1) is 0 Å². The maximum absolute atomic E-state index is 12.0. The average molecular weight is 286 g/mol. The van der Waals surface area contributed by atoms with Crippen LogP contribution in [0.5, 0.6) is 0 Å². The number of hydrogen-bond acceptors (Lipinski definition) is 3. The highest BCUT2D eigenvalue weighted by molar-refractivity contribution is 5.82. The summed E-state index contributed by atoms with van der Waals surface area (Å²) in [6.07, 6.45) is 3.05. The summed E-state index contributed by atoms with van der Waals surface area (Å²) in [6.45, 7) is 4.43. The van der Waals surface area contributed by atoms with Gasteiger partial charge in [-0.05, 0) is 38.3 Å². The third-order valence-corrected chi connectivity index (χ3v) is 4.09. The quantitative estimate of drug-likeness (QED) is 0.901. The molecule has 1 amide bonds. The maximum atomic E-state index is 12.0. The van der Waals surface area contributed by atoms with Crippen LogP contribution in [0.25, 0.3) is 11.0 Å². The number of carbonyl (C=O) groups excluding carboxylic acids is 1. The molecule has 5 heteroatoms. The zero-order valence-electron chi connectivity index (χ0n) is 12.4. The average Bonchev–Trinajstić information content (AvgIpc) is 2.73. The number of rotatable bonds is 4. The second-order valence-electron chi connectivity index (χ2n) is 5.48. The Kier molecular flexibility index (Phi) is 4.20. The van der Waals surface area contributed by atoms with Gasteiger partial charge in [0, 0.05) is 13.1 Å². The van der Waals surface area contributed by atoms with Crippen LogP contribution in [0.1, 0.15) is 32.0 Å². The van der Waals surface area contributed by atoms with E-state index in [1.54, 1.807) is 0 Å². The molecule has 0 unspecified atom stereocenters. The van der Waals surface area contributed by atoms with Gasteiger partial charge in [-0.3, -0.25) is 10.1 Å². The summed E-state index contributed by atoms with van der Waals surface area (Å²) in [5, 5.41) is 6.33. The van der Waals surface area contributed by atoms with E-state index in [1.807, 2.05) is 18.2 Å². The van der Waals surface area contributed by atoms with E-state index < -0.39 is 0 Å². The van der Waals surface area contributed by atoms with Gasteiger partial charge in [0.05, 0.1) is 23.6 Å². The number of para-hydroxylation sites is 2. The largest absolute Gasteiger partial charge is 0.355 e. The smallest absolute Gasteiger partial charge is 0.237 e. The molecule has 1 fully saturated rings. The summed E-state index contributed by atoms with van der Waals surface area (Å²) >= 11 is 0. The van der Waals surface area contributed by atoms with Gasteiger partial charge >= 0.3 is 0 Å². The Hall–Kier alpha value is -1.88. The lowest BCUT2D eigenvalue weighted by Crippen LogP contribution is -2.42. The van der Waals surface area contributed by atoms with Crippen molar-refractivity contribution in [2.75, 3.05) is 6.54 Å². The van der Waals surface area contributed by atoms with E-state index >= 15 is 0 Å². The highest BCUT2D eigenvalue weighted by atomic mass is 16.2. The first-order chi connectivity index (χ1) is 10.3. The van der Waals surface area contributed by atoms with Crippen molar-refractivity contribution in [2.24, 2.45) is 0 Å². The van der Waals surface area contributed by atoms with E-state index in [0.29, 0.717) is 6.54 Å². The number of imidazole rings is 1. The van der Waals surface area contributed by atoms with Gasteiger partial charge in [0.2, 0.25) is 5.91 Å². The molecule has 0 spiro atoms. The van der Waals surface area contributed by atoms with Gasteiger partial charge in [0.25, 0.3) is 0 Å². The van der Waals surface area contributed by atoms with Gasteiger partial charge in [0.15, 0.2) is 0 Å². The number of nitrogens with zero attached hydrogens (tertiary/aromatic N) is 2. The number of nitrogens with one attached hydrogen (secondary N) is 2. The van der Waals surface area contributed by atoms with Crippen LogP contribution < -0.4 is 10.6 Å². The van der Waals surface area contributed by atoms with Gasteiger partial charge in [-0.2, -0.15) is 0 Å². The zero-order valence-corrected chi connectivity index (χ0v) is 12.4. The Bertz CT molecular complexity index is 634. The number of hydrogen-bond donors (Lipinski definition) is 2. The molecular formula is C16H22N4O. The lowest BCUT2D eigenvalue weighted by molar-refractivity contribution is -0.122. The van der Waals surface area contributed by atoms with Crippen LogP contribution in [0.3, 0.4) is 0 Å². The topological polar surface area (TPSA) is 59.0 Å². The van der Waals surface area contributed by atoms with Gasteiger partial charge < -0.3 is 9.88 Å². The van der Waals surface area contributed by atoms with Gasteiger partial charge in [-0.1, -0.05) is 12.1 Å². The Labute approximate surface area is 124 Å². The van der Waals surface area contributed by atoms with Crippen molar-refractivity contribution in [3.8, 4) is 0 Å². The normalized spacial score (nSPS) is 19.5. The first-order valence-electron chi connectivity index (χ1n) is 7.75. The monoisotopic (exact) mass is 286 g/mol. The fraction of sp³-hybridized carbons (Fsp3) is 0.500. The standard InChI is InChI=1S/C16H22N4O/c1-2-20-14-9-4-3-7-12(14)19-15(20)11-18-13-8-5-6-10-17-16(13)21/h3-4,7,9,13,18H,2,5-6,8,10-11H2,1H3,(H,17,21)/t13-/m0/s1. The molecule has 1 atom stereocenters. The minimum atomic E-state index is -0.0994. The Morgan fingerprint density at radius 2 is 2.24 bits per heavy atom. The molecule has 0 bridgehead atoms. The third kappa shape index (κ3) is 2.93. The first kappa shape index (κ1) is 14.1. The van der Waals surface area contributed by atoms with Crippen molar-refractivity contribution in [3.05, 3.63) is 30.1 Å². The fourth-order valence-electron chi connectivity index (χ4n) is 2.96. The number of aromatic nitrogens is 2. The van der Waals surface area contributed by atoms with Gasteiger partial charge in [-0.15, -0.1) is 0 Å². The molecule has 1 aromatic heterocycles. The van der Waals surface area contributed by atoms with E-state index in [1.165, 1.54) is 0 Å².